The van der Waals surface area contributed by atoms with Crippen LogP contribution in [0.3, 0.4) is 0 Å². The maximum atomic E-state index is 15.0. The van der Waals surface area contributed by atoms with Gasteiger partial charge >= 0.3 is 5.97 Å². The molecule has 6 nitrogen and oxygen atoms in total. The molecule has 1 aliphatic heterocycles. The summed E-state index contributed by atoms with van der Waals surface area (Å²) < 4.78 is 25.8. The minimum atomic E-state index is -0.740. The number of benzene rings is 3. The average molecular weight is 505 g/mol. The van der Waals surface area contributed by atoms with Crippen LogP contribution in [0.5, 0.6) is 5.75 Å². The molecular weight excluding hydrogens is 471 g/mol. The number of hydrogen-bond acceptors (Lipinski definition) is 5. The first-order valence-corrected chi connectivity index (χ1v) is 12.8. The van der Waals surface area contributed by atoms with Crippen molar-refractivity contribution in [3.8, 4) is 16.9 Å². The highest BCUT2D eigenvalue weighted by atomic mass is 19.1. The quantitative estimate of drug-likeness (QED) is 0.259. The van der Waals surface area contributed by atoms with Crippen LogP contribution in [-0.4, -0.2) is 38.7 Å². The molecule has 1 fully saturated rings. The number of unbranched alkanes of at least 4 members (excludes halogenated alkanes) is 1. The Hall–Kier alpha value is -3.87. The Balaban J connectivity index is 1.72. The maximum absolute atomic E-state index is 15.0. The second-order valence-electron chi connectivity index (χ2n) is 9.12. The first-order valence-electron chi connectivity index (χ1n) is 12.8. The zero-order chi connectivity index (χ0) is 26.2. The molecule has 0 aromatic heterocycles. The van der Waals surface area contributed by atoms with Crippen molar-refractivity contribution in [2.45, 2.75) is 39.0 Å². The fourth-order valence-corrected chi connectivity index (χ4v) is 4.48. The van der Waals surface area contributed by atoms with Gasteiger partial charge in [0, 0.05) is 24.3 Å². The van der Waals surface area contributed by atoms with Crippen LogP contribution in [0.25, 0.3) is 11.1 Å². The van der Waals surface area contributed by atoms with Gasteiger partial charge in [-0.25, -0.2) is 9.18 Å². The van der Waals surface area contributed by atoms with E-state index in [0.29, 0.717) is 23.5 Å². The van der Waals surface area contributed by atoms with E-state index >= 15 is 4.39 Å². The maximum Gasteiger partial charge on any atom is 0.340 e. The minimum absolute atomic E-state index is 0.0614. The number of anilines is 2. The van der Waals surface area contributed by atoms with Crippen LogP contribution in [0.4, 0.5) is 15.8 Å². The second-order valence-corrected chi connectivity index (χ2v) is 9.12. The van der Waals surface area contributed by atoms with Gasteiger partial charge in [0.25, 0.3) is 5.91 Å². The Morgan fingerprint density at radius 3 is 2.43 bits per heavy atom. The molecule has 37 heavy (non-hydrogen) atoms. The molecule has 194 valence electrons. The van der Waals surface area contributed by atoms with Gasteiger partial charge in [-0.3, -0.25) is 4.79 Å². The lowest BCUT2D eigenvalue weighted by Gasteiger charge is -2.29. The molecule has 0 spiro atoms. The fraction of sp³-hybridized carbons (Fsp3) is 0.333. The summed E-state index contributed by atoms with van der Waals surface area (Å²) >= 11 is 0. The normalized spacial score (nSPS) is 13.2. The molecule has 0 aliphatic carbocycles. The largest absolute Gasteiger partial charge is 0.493 e. The second kappa shape index (κ2) is 12.4. The van der Waals surface area contributed by atoms with Gasteiger partial charge in [-0.1, -0.05) is 43.7 Å². The summed E-state index contributed by atoms with van der Waals surface area (Å²) in [6, 6.07) is 17.2. The monoisotopic (exact) mass is 504 g/mol. The van der Waals surface area contributed by atoms with E-state index in [1.54, 1.807) is 24.3 Å². The van der Waals surface area contributed by atoms with Gasteiger partial charge in [0.2, 0.25) is 0 Å². The van der Waals surface area contributed by atoms with Crippen LogP contribution in [-0.2, 0) is 4.74 Å². The van der Waals surface area contributed by atoms with Crippen molar-refractivity contribution in [2.75, 3.05) is 37.0 Å². The SMILES string of the molecule is CCCCOc1ccc(N2CCCCC2)cc1C(=O)Nc1cc(-c2ccccc2)c(F)cc1C(=O)OC. The number of carbonyl (C=O) groups is 2. The number of halogens is 1. The number of hydrogen-bond donors (Lipinski definition) is 1. The van der Waals surface area contributed by atoms with E-state index < -0.39 is 17.7 Å². The molecule has 1 amide bonds. The number of carbonyl (C=O) groups excluding carboxylic acids is 2. The van der Waals surface area contributed by atoms with Gasteiger partial charge in [0.1, 0.15) is 11.6 Å². The predicted octanol–water partition coefficient (Wildman–Crippen LogP) is 6.70. The summed E-state index contributed by atoms with van der Waals surface area (Å²) in [5, 5.41) is 2.84. The fourth-order valence-electron chi connectivity index (χ4n) is 4.48. The van der Waals surface area contributed by atoms with Crippen LogP contribution >= 0.6 is 0 Å². The molecule has 3 aromatic carbocycles. The Kier molecular flexibility index (Phi) is 8.77. The van der Waals surface area contributed by atoms with Gasteiger partial charge in [-0.2, -0.15) is 0 Å². The van der Waals surface area contributed by atoms with E-state index in [1.807, 2.05) is 24.3 Å². The van der Waals surface area contributed by atoms with Crippen LogP contribution < -0.4 is 15.0 Å². The highest BCUT2D eigenvalue weighted by Crippen LogP contribution is 2.32. The highest BCUT2D eigenvalue weighted by molar-refractivity contribution is 6.10. The van der Waals surface area contributed by atoms with Gasteiger partial charge in [-0.05, 0) is 61.6 Å². The number of rotatable bonds is 9. The van der Waals surface area contributed by atoms with Crippen molar-refractivity contribution in [3.05, 3.63) is 77.6 Å². The summed E-state index contributed by atoms with van der Waals surface area (Å²) in [6.45, 7) is 4.43. The lowest BCUT2D eigenvalue weighted by Crippen LogP contribution is -2.29. The third-order valence-corrected chi connectivity index (χ3v) is 6.53. The number of amides is 1. The molecule has 0 bridgehead atoms. The summed E-state index contributed by atoms with van der Waals surface area (Å²) in [4.78, 5) is 28.4. The summed E-state index contributed by atoms with van der Waals surface area (Å²) in [6.07, 6.45) is 5.24. The minimum Gasteiger partial charge on any atom is -0.493 e. The van der Waals surface area contributed by atoms with Crippen molar-refractivity contribution in [1.29, 1.82) is 0 Å². The summed E-state index contributed by atoms with van der Waals surface area (Å²) in [5.41, 5.74) is 2.31. The molecule has 0 unspecified atom stereocenters. The van der Waals surface area contributed by atoms with Crippen LogP contribution in [0, 0.1) is 5.82 Å². The lowest BCUT2D eigenvalue weighted by atomic mass is 10.0. The molecule has 3 aromatic rings. The van der Waals surface area contributed by atoms with Gasteiger partial charge < -0.3 is 19.7 Å². The van der Waals surface area contributed by atoms with Gasteiger partial charge in [-0.15, -0.1) is 0 Å². The number of piperidine rings is 1. The number of nitrogens with one attached hydrogen (secondary N) is 1. The Morgan fingerprint density at radius 2 is 1.73 bits per heavy atom. The molecule has 7 heteroatoms. The molecule has 1 heterocycles. The predicted molar refractivity (Wildman–Crippen MR) is 144 cm³/mol. The van der Waals surface area contributed by atoms with Crippen molar-refractivity contribution >= 4 is 23.3 Å². The topological polar surface area (TPSA) is 67.9 Å². The first kappa shape index (κ1) is 26.2. The van der Waals surface area contributed by atoms with Crippen LogP contribution in [0.1, 0.15) is 59.7 Å². The molecule has 1 N–H and O–H groups in total. The molecule has 4 rings (SSSR count). The third-order valence-electron chi connectivity index (χ3n) is 6.53. The average Bonchev–Trinajstić information content (AvgIpc) is 2.94. The summed E-state index contributed by atoms with van der Waals surface area (Å²) in [5.74, 6) is -1.30. The van der Waals surface area contributed by atoms with E-state index in [0.717, 1.165) is 50.5 Å². The van der Waals surface area contributed by atoms with E-state index in [2.05, 4.69) is 17.1 Å². The zero-order valence-electron chi connectivity index (χ0n) is 21.4. The van der Waals surface area contributed by atoms with Crippen LogP contribution in [0.15, 0.2) is 60.7 Å². The van der Waals surface area contributed by atoms with E-state index in [9.17, 15) is 9.59 Å². The van der Waals surface area contributed by atoms with Crippen molar-refractivity contribution in [1.82, 2.24) is 0 Å². The third kappa shape index (κ3) is 6.28. The number of methoxy groups -OCH3 is 1. The van der Waals surface area contributed by atoms with Crippen molar-refractivity contribution in [3.63, 3.8) is 0 Å². The van der Waals surface area contributed by atoms with Gasteiger partial charge in [0.15, 0.2) is 0 Å². The number of esters is 1. The Morgan fingerprint density at radius 1 is 0.973 bits per heavy atom. The molecule has 0 radical (unpaired) electrons. The van der Waals surface area contributed by atoms with Crippen LogP contribution in [0.2, 0.25) is 0 Å². The number of nitrogens with zero attached hydrogens (tertiary/aromatic N) is 1. The number of ether oxygens (including phenoxy) is 2. The Bertz CT molecular complexity index is 1240. The molecule has 0 atom stereocenters. The van der Waals surface area contributed by atoms with E-state index in [4.69, 9.17) is 9.47 Å². The van der Waals surface area contributed by atoms with E-state index in [-0.39, 0.29) is 16.8 Å². The molecule has 1 aliphatic rings. The molecular formula is C30H33FN2O4. The van der Waals surface area contributed by atoms with Crippen molar-refractivity contribution < 1.29 is 23.5 Å². The standard InChI is InChI=1S/C30H33FN2O4/c1-3-4-17-37-28-14-13-22(33-15-9-6-10-16-33)18-25(28)29(34)32-27-20-23(21-11-7-5-8-12-21)26(31)19-24(27)30(35)36-2/h5,7-8,11-14,18-20H,3-4,6,9-10,15-17H2,1-2H3,(H,32,34). The van der Waals surface area contributed by atoms with Gasteiger partial charge in [0.05, 0.1) is 30.5 Å². The van der Waals surface area contributed by atoms with E-state index in [1.165, 1.54) is 19.6 Å². The first-order chi connectivity index (χ1) is 18.0. The smallest absolute Gasteiger partial charge is 0.340 e. The molecule has 0 saturated carbocycles. The summed E-state index contributed by atoms with van der Waals surface area (Å²) in [7, 11) is 1.22. The van der Waals surface area contributed by atoms with Crippen molar-refractivity contribution in [2.24, 2.45) is 0 Å². The highest BCUT2D eigenvalue weighted by Gasteiger charge is 2.22. The Labute approximate surface area is 217 Å². The zero-order valence-corrected chi connectivity index (χ0v) is 21.4. The molecule has 1 saturated heterocycles. The lowest BCUT2D eigenvalue weighted by molar-refractivity contribution is 0.0601.